The minimum atomic E-state index is 0.450. The fraction of sp³-hybridized carbons (Fsp3) is 0.667. The van der Waals surface area contributed by atoms with Gasteiger partial charge in [-0.15, -0.1) is 0 Å². The average molecular weight is 289 g/mol. The van der Waals surface area contributed by atoms with Crippen LogP contribution in [0, 0.1) is 5.92 Å². The molecule has 1 aliphatic heterocycles. The Morgan fingerprint density at radius 3 is 3.05 bits per heavy atom. The molecule has 0 spiro atoms. The van der Waals surface area contributed by atoms with Crippen LogP contribution in [-0.2, 0) is 11.2 Å². The van der Waals surface area contributed by atoms with Crippen molar-refractivity contribution in [3.63, 3.8) is 0 Å². The number of ether oxygens (including phenoxy) is 2. The summed E-state index contributed by atoms with van der Waals surface area (Å²) in [6.07, 6.45) is 6.47. The van der Waals surface area contributed by atoms with Crippen LogP contribution in [0.2, 0.25) is 0 Å². The van der Waals surface area contributed by atoms with E-state index >= 15 is 0 Å². The predicted octanol–water partition coefficient (Wildman–Crippen LogP) is 3.48. The molecule has 2 aliphatic rings. The summed E-state index contributed by atoms with van der Waals surface area (Å²) >= 11 is 0. The highest BCUT2D eigenvalue weighted by Gasteiger charge is 2.28. The predicted molar refractivity (Wildman–Crippen MR) is 84.8 cm³/mol. The zero-order chi connectivity index (χ0) is 14.7. The zero-order valence-electron chi connectivity index (χ0n) is 13.2. The van der Waals surface area contributed by atoms with Crippen LogP contribution in [0.25, 0.3) is 0 Å². The Hall–Kier alpha value is -1.06. The maximum absolute atomic E-state index is 5.80. The number of methoxy groups -OCH3 is 1. The lowest BCUT2D eigenvalue weighted by Gasteiger charge is -2.29. The van der Waals surface area contributed by atoms with Crippen LogP contribution in [0.4, 0.5) is 0 Å². The molecule has 0 saturated carbocycles. The first-order chi connectivity index (χ1) is 10.3. The second kappa shape index (κ2) is 6.80. The van der Waals surface area contributed by atoms with Crippen LogP contribution >= 0.6 is 0 Å². The standard InChI is InChI=1S/C18H27NO2/c1-3-18-14(9-10-21-18)12-19-17-6-4-5-13-7-8-15(20-2)11-16(13)17/h7-8,11,14,17-19H,3-6,9-10,12H2,1-2H3. The summed E-state index contributed by atoms with van der Waals surface area (Å²) in [7, 11) is 1.74. The van der Waals surface area contributed by atoms with E-state index < -0.39 is 0 Å². The summed E-state index contributed by atoms with van der Waals surface area (Å²) in [5.41, 5.74) is 2.92. The molecule has 3 nitrogen and oxygen atoms in total. The van der Waals surface area contributed by atoms with E-state index in [-0.39, 0.29) is 0 Å². The highest BCUT2D eigenvalue weighted by molar-refractivity contribution is 5.39. The van der Waals surface area contributed by atoms with E-state index in [1.807, 2.05) is 0 Å². The number of aryl methyl sites for hydroxylation is 1. The molecule has 3 atom stereocenters. The smallest absolute Gasteiger partial charge is 0.119 e. The molecule has 0 bridgehead atoms. The van der Waals surface area contributed by atoms with E-state index in [2.05, 4.69) is 30.4 Å². The quantitative estimate of drug-likeness (QED) is 0.900. The average Bonchev–Trinajstić information content (AvgIpc) is 2.99. The number of benzene rings is 1. The van der Waals surface area contributed by atoms with E-state index in [0.29, 0.717) is 18.1 Å². The first kappa shape index (κ1) is 14.9. The molecule has 3 unspecified atom stereocenters. The third-order valence-electron chi connectivity index (χ3n) is 5.04. The number of nitrogens with one attached hydrogen (secondary N) is 1. The zero-order valence-corrected chi connectivity index (χ0v) is 13.2. The summed E-state index contributed by atoms with van der Waals surface area (Å²) in [4.78, 5) is 0. The van der Waals surface area contributed by atoms with Crippen molar-refractivity contribution < 1.29 is 9.47 Å². The molecule has 3 heteroatoms. The van der Waals surface area contributed by atoms with E-state index in [4.69, 9.17) is 9.47 Å². The van der Waals surface area contributed by atoms with Crippen molar-refractivity contribution >= 4 is 0 Å². The van der Waals surface area contributed by atoms with Crippen LogP contribution in [0.5, 0.6) is 5.75 Å². The molecular formula is C18H27NO2. The molecule has 0 radical (unpaired) electrons. The summed E-state index contributed by atoms with van der Waals surface area (Å²) in [5.74, 6) is 1.64. The lowest BCUT2D eigenvalue weighted by molar-refractivity contribution is 0.0864. The molecular weight excluding hydrogens is 262 g/mol. The van der Waals surface area contributed by atoms with Crippen LogP contribution in [-0.4, -0.2) is 26.4 Å². The first-order valence-electron chi connectivity index (χ1n) is 8.33. The Kier molecular flexibility index (Phi) is 4.81. The van der Waals surface area contributed by atoms with Crippen molar-refractivity contribution in [2.45, 2.75) is 51.2 Å². The van der Waals surface area contributed by atoms with Crippen LogP contribution < -0.4 is 10.1 Å². The van der Waals surface area contributed by atoms with E-state index in [9.17, 15) is 0 Å². The number of rotatable bonds is 5. The lowest BCUT2D eigenvalue weighted by atomic mass is 9.87. The Bertz CT molecular complexity index is 474. The molecule has 0 aromatic heterocycles. The van der Waals surface area contributed by atoms with Gasteiger partial charge in [-0.1, -0.05) is 13.0 Å². The maximum atomic E-state index is 5.80. The SMILES string of the molecule is CCC1OCCC1CNC1CCCc2ccc(OC)cc21. The molecule has 21 heavy (non-hydrogen) atoms. The van der Waals surface area contributed by atoms with Gasteiger partial charge in [0, 0.05) is 19.2 Å². The van der Waals surface area contributed by atoms with Gasteiger partial charge in [-0.25, -0.2) is 0 Å². The van der Waals surface area contributed by atoms with Gasteiger partial charge < -0.3 is 14.8 Å². The molecule has 1 heterocycles. The monoisotopic (exact) mass is 289 g/mol. The topological polar surface area (TPSA) is 30.5 Å². The summed E-state index contributed by atoms with van der Waals surface area (Å²) in [5, 5.41) is 3.80. The Balaban J connectivity index is 1.67. The van der Waals surface area contributed by atoms with Crippen molar-refractivity contribution in [2.24, 2.45) is 5.92 Å². The number of hydrogen-bond donors (Lipinski definition) is 1. The van der Waals surface area contributed by atoms with E-state index in [1.54, 1.807) is 7.11 Å². The minimum absolute atomic E-state index is 0.450. The van der Waals surface area contributed by atoms with Crippen molar-refractivity contribution in [3.8, 4) is 5.75 Å². The van der Waals surface area contributed by atoms with E-state index in [0.717, 1.165) is 25.3 Å². The normalized spacial score (nSPS) is 28.4. The van der Waals surface area contributed by atoms with Gasteiger partial charge >= 0.3 is 0 Å². The van der Waals surface area contributed by atoms with Gasteiger partial charge in [-0.2, -0.15) is 0 Å². The fourth-order valence-corrected chi connectivity index (χ4v) is 3.79. The van der Waals surface area contributed by atoms with Gasteiger partial charge in [-0.3, -0.25) is 0 Å². The molecule has 1 aromatic carbocycles. The fourth-order valence-electron chi connectivity index (χ4n) is 3.79. The van der Waals surface area contributed by atoms with Gasteiger partial charge in [-0.05, 0) is 61.3 Å². The summed E-state index contributed by atoms with van der Waals surface area (Å²) in [6.45, 7) is 4.23. The first-order valence-corrected chi connectivity index (χ1v) is 8.33. The van der Waals surface area contributed by atoms with Crippen molar-refractivity contribution in [1.29, 1.82) is 0 Å². The van der Waals surface area contributed by atoms with Crippen molar-refractivity contribution in [2.75, 3.05) is 20.3 Å². The van der Waals surface area contributed by atoms with Crippen molar-refractivity contribution in [1.82, 2.24) is 5.32 Å². The second-order valence-electron chi connectivity index (χ2n) is 6.28. The van der Waals surface area contributed by atoms with Gasteiger partial charge in [0.2, 0.25) is 0 Å². The Morgan fingerprint density at radius 2 is 2.24 bits per heavy atom. The van der Waals surface area contributed by atoms with Gasteiger partial charge in [0.15, 0.2) is 0 Å². The number of fused-ring (bicyclic) bond motifs is 1. The Morgan fingerprint density at radius 1 is 1.33 bits per heavy atom. The third-order valence-corrected chi connectivity index (χ3v) is 5.04. The maximum Gasteiger partial charge on any atom is 0.119 e. The molecule has 1 N–H and O–H groups in total. The molecule has 1 saturated heterocycles. The molecule has 0 amide bonds. The van der Waals surface area contributed by atoms with Gasteiger partial charge in [0.1, 0.15) is 5.75 Å². The van der Waals surface area contributed by atoms with Crippen molar-refractivity contribution in [3.05, 3.63) is 29.3 Å². The molecule has 116 valence electrons. The van der Waals surface area contributed by atoms with Gasteiger partial charge in [0.25, 0.3) is 0 Å². The Labute approximate surface area is 128 Å². The van der Waals surface area contributed by atoms with Crippen LogP contribution in [0.15, 0.2) is 18.2 Å². The highest BCUT2D eigenvalue weighted by atomic mass is 16.5. The molecule has 1 aromatic rings. The molecule has 1 aliphatic carbocycles. The minimum Gasteiger partial charge on any atom is -0.497 e. The van der Waals surface area contributed by atoms with Gasteiger partial charge in [0.05, 0.1) is 13.2 Å². The number of hydrogen-bond acceptors (Lipinski definition) is 3. The lowest BCUT2D eigenvalue weighted by Crippen LogP contribution is -2.32. The molecule has 1 fully saturated rings. The largest absolute Gasteiger partial charge is 0.497 e. The van der Waals surface area contributed by atoms with Crippen LogP contribution in [0.1, 0.15) is 49.8 Å². The molecule has 3 rings (SSSR count). The third kappa shape index (κ3) is 3.24. The summed E-state index contributed by atoms with van der Waals surface area (Å²) in [6, 6.07) is 7.01. The van der Waals surface area contributed by atoms with Crippen LogP contribution in [0.3, 0.4) is 0 Å². The highest BCUT2D eigenvalue weighted by Crippen LogP contribution is 2.33. The second-order valence-corrected chi connectivity index (χ2v) is 6.28. The van der Waals surface area contributed by atoms with E-state index in [1.165, 1.54) is 36.8 Å². The summed E-state index contributed by atoms with van der Waals surface area (Å²) < 4.78 is 11.2.